The van der Waals surface area contributed by atoms with Gasteiger partial charge in [-0.25, -0.2) is 4.39 Å². The zero-order valence-electron chi connectivity index (χ0n) is 9.95. The monoisotopic (exact) mass is 384 g/mol. The molecule has 0 N–H and O–H groups in total. The van der Waals surface area contributed by atoms with E-state index in [2.05, 4.69) is 37.9 Å². The summed E-state index contributed by atoms with van der Waals surface area (Å²) < 4.78 is 19.5. The van der Waals surface area contributed by atoms with E-state index in [1.807, 2.05) is 24.3 Å². The van der Waals surface area contributed by atoms with Crippen LogP contribution in [-0.4, -0.2) is 6.61 Å². The minimum Gasteiger partial charge on any atom is -0.493 e. The molecule has 4 heteroatoms. The second kappa shape index (κ2) is 5.25. The molecule has 98 valence electrons. The summed E-state index contributed by atoms with van der Waals surface area (Å²) in [6, 6.07) is 13.2. The third-order valence-corrected chi connectivity index (χ3v) is 5.13. The summed E-state index contributed by atoms with van der Waals surface area (Å²) >= 11 is 6.95. The van der Waals surface area contributed by atoms with Crippen molar-refractivity contribution < 1.29 is 9.13 Å². The summed E-state index contributed by atoms with van der Waals surface area (Å²) in [5.41, 5.74) is 2.24. The summed E-state index contributed by atoms with van der Waals surface area (Å²) in [5, 5.41) is 0. The van der Waals surface area contributed by atoms with Crippen LogP contribution in [0, 0.1) is 5.82 Å². The van der Waals surface area contributed by atoms with Crippen molar-refractivity contribution in [1.82, 2.24) is 0 Å². The highest BCUT2D eigenvalue weighted by atomic mass is 79.9. The Morgan fingerprint density at radius 1 is 1.21 bits per heavy atom. The molecule has 3 rings (SSSR count). The van der Waals surface area contributed by atoms with E-state index in [0.717, 1.165) is 11.3 Å². The van der Waals surface area contributed by atoms with Gasteiger partial charge in [-0.2, -0.15) is 0 Å². The lowest BCUT2D eigenvalue weighted by molar-refractivity contribution is 0.329. The fourth-order valence-corrected chi connectivity index (χ4v) is 3.46. The van der Waals surface area contributed by atoms with Crippen molar-refractivity contribution in [3.63, 3.8) is 0 Å². The second-order valence-electron chi connectivity index (χ2n) is 4.53. The molecule has 0 bridgehead atoms. The second-order valence-corrected chi connectivity index (χ2v) is 6.37. The highest BCUT2D eigenvalue weighted by molar-refractivity contribution is 9.10. The lowest BCUT2D eigenvalue weighted by Crippen LogP contribution is -2.07. The van der Waals surface area contributed by atoms with Crippen LogP contribution in [0.4, 0.5) is 4.39 Å². The number of hydrogen-bond acceptors (Lipinski definition) is 1. The molecule has 0 radical (unpaired) electrons. The number of alkyl halides is 1. The van der Waals surface area contributed by atoms with Gasteiger partial charge in [0.15, 0.2) is 0 Å². The van der Waals surface area contributed by atoms with Gasteiger partial charge in [0.2, 0.25) is 0 Å². The van der Waals surface area contributed by atoms with Gasteiger partial charge in [0.05, 0.1) is 11.1 Å². The third-order valence-electron chi connectivity index (χ3n) is 3.35. The highest BCUT2D eigenvalue weighted by Gasteiger charge is 2.30. The molecule has 0 amide bonds. The number of para-hydroxylation sites is 1. The first-order valence-corrected chi connectivity index (χ1v) is 7.68. The van der Waals surface area contributed by atoms with Gasteiger partial charge in [-0.3, -0.25) is 0 Å². The quantitative estimate of drug-likeness (QED) is 0.645. The van der Waals surface area contributed by atoms with Crippen LogP contribution in [0.15, 0.2) is 46.9 Å². The number of halogens is 3. The summed E-state index contributed by atoms with van der Waals surface area (Å²) in [5.74, 6) is 0.943. The summed E-state index contributed by atoms with van der Waals surface area (Å²) in [4.78, 5) is 0.105. The zero-order valence-corrected chi connectivity index (χ0v) is 13.1. The van der Waals surface area contributed by atoms with Crippen LogP contribution in [0.1, 0.15) is 21.9 Å². The summed E-state index contributed by atoms with van der Waals surface area (Å²) in [6.45, 7) is 0.643. The summed E-state index contributed by atoms with van der Waals surface area (Å²) in [6.07, 6.45) is 0. The van der Waals surface area contributed by atoms with Crippen molar-refractivity contribution in [3.05, 3.63) is 63.9 Å². The largest absolute Gasteiger partial charge is 0.493 e. The van der Waals surface area contributed by atoms with Gasteiger partial charge in [0.1, 0.15) is 11.6 Å². The average molecular weight is 386 g/mol. The van der Waals surface area contributed by atoms with E-state index >= 15 is 0 Å². The molecule has 0 aliphatic carbocycles. The lowest BCUT2D eigenvalue weighted by Gasteiger charge is -2.17. The van der Waals surface area contributed by atoms with Crippen molar-refractivity contribution in [2.45, 2.75) is 10.7 Å². The molecule has 1 nitrogen and oxygen atoms in total. The molecule has 0 spiro atoms. The number of benzene rings is 2. The van der Waals surface area contributed by atoms with E-state index in [0.29, 0.717) is 11.1 Å². The lowest BCUT2D eigenvalue weighted by atomic mass is 9.94. The van der Waals surface area contributed by atoms with Crippen molar-refractivity contribution in [3.8, 4) is 5.75 Å². The van der Waals surface area contributed by atoms with Crippen molar-refractivity contribution in [2.24, 2.45) is 0 Å². The third kappa shape index (κ3) is 2.43. The minimum absolute atomic E-state index is 0.105. The molecule has 1 aliphatic heterocycles. The summed E-state index contributed by atoms with van der Waals surface area (Å²) in [7, 11) is 0. The van der Waals surface area contributed by atoms with Crippen molar-refractivity contribution in [2.75, 3.05) is 6.61 Å². The van der Waals surface area contributed by atoms with Crippen molar-refractivity contribution in [1.29, 1.82) is 0 Å². The van der Waals surface area contributed by atoms with E-state index in [1.54, 1.807) is 6.07 Å². The molecule has 2 unspecified atom stereocenters. The Hall–Kier alpha value is -0.870. The molecular formula is C15H11Br2FO. The highest BCUT2D eigenvalue weighted by Crippen LogP contribution is 2.45. The molecule has 0 fully saturated rings. The van der Waals surface area contributed by atoms with E-state index < -0.39 is 0 Å². The van der Waals surface area contributed by atoms with E-state index in [4.69, 9.17) is 4.74 Å². The SMILES string of the molecule is Fc1ccc(C(Br)C2COc3ccccc32)cc1Br. The molecular weight excluding hydrogens is 375 g/mol. The maximum atomic E-state index is 13.3. The van der Waals surface area contributed by atoms with Gasteiger partial charge in [0, 0.05) is 16.3 Å². The number of ether oxygens (including phenoxy) is 1. The van der Waals surface area contributed by atoms with Crippen LogP contribution in [0.25, 0.3) is 0 Å². The number of rotatable bonds is 2. The smallest absolute Gasteiger partial charge is 0.137 e. The zero-order chi connectivity index (χ0) is 13.4. The normalized spacial score (nSPS) is 18.8. The Morgan fingerprint density at radius 2 is 2.00 bits per heavy atom. The maximum absolute atomic E-state index is 13.3. The standard InChI is InChI=1S/C15H11Br2FO/c16-12-7-9(5-6-13(12)18)15(17)11-8-19-14-4-2-1-3-10(11)14/h1-7,11,15H,8H2. The molecule has 2 aromatic carbocycles. The van der Waals surface area contributed by atoms with Crippen molar-refractivity contribution >= 4 is 31.9 Å². The Bertz CT molecular complexity index is 615. The van der Waals surface area contributed by atoms with Gasteiger partial charge < -0.3 is 4.74 Å². The van der Waals surface area contributed by atoms with Crippen LogP contribution in [-0.2, 0) is 0 Å². The molecule has 0 saturated carbocycles. The molecule has 19 heavy (non-hydrogen) atoms. The topological polar surface area (TPSA) is 9.23 Å². The molecule has 0 aromatic heterocycles. The van der Waals surface area contributed by atoms with E-state index in [-0.39, 0.29) is 16.6 Å². The molecule has 1 aliphatic rings. The van der Waals surface area contributed by atoms with Gasteiger partial charge in [0.25, 0.3) is 0 Å². The van der Waals surface area contributed by atoms with E-state index in [1.165, 1.54) is 11.6 Å². The van der Waals surface area contributed by atoms with Crippen LogP contribution in [0.2, 0.25) is 0 Å². The first kappa shape index (κ1) is 13.1. The number of hydrogen-bond donors (Lipinski definition) is 0. The fraction of sp³-hybridized carbons (Fsp3) is 0.200. The Morgan fingerprint density at radius 3 is 2.79 bits per heavy atom. The van der Waals surface area contributed by atoms with Gasteiger partial charge >= 0.3 is 0 Å². The minimum atomic E-state index is -0.244. The first-order valence-electron chi connectivity index (χ1n) is 5.97. The molecule has 0 saturated heterocycles. The van der Waals surface area contributed by atoms with Gasteiger partial charge in [-0.15, -0.1) is 0 Å². The van der Waals surface area contributed by atoms with Crippen LogP contribution in [0.3, 0.4) is 0 Å². The predicted molar refractivity (Wildman–Crippen MR) is 80.4 cm³/mol. The fourth-order valence-electron chi connectivity index (χ4n) is 2.35. The van der Waals surface area contributed by atoms with E-state index in [9.17, 15) is 4.39 Å². The first-order chi connectivity index (χ1) is 9.16. The molecule has 1 heterocycles. The maximum Gasteiger partial charge on any atom is 0.137 e. The van der Waals surface area contributed by atoms with Crippen LogP contribution < -0.4 is 4.74 Å². The average Bonchev–Trinajstić information content (AvgIpc) is 2.85. The Kier molecular flexibility index (Phi) is 3.63. The Balaban J connectivity index is 1.93. The predicted octanol–water partition coefficient (Wildman–Crippen LogP) is 5.20. The van der Waals surface area contributed by atoms with Crippen LogP contribution >= 0.6 is 31.9 Å². The molecule has 2 aromatic rings. The van der Waals surface area contributed by atoms with Crippen LogP contribution in [0.5, 0.6) is 5.75 Å². The van der Waals surface area contributed by atoms with Gasteiger partial charge in [-0.1, -0.05) is 40.2 Å². The van der Waals surface area contributed by atoms with Gasteiger partial charge in [-0.05, 0) is 39.7 Å². The number of fused-ring (bicyclic) bond motifs is 1. The Labute approximate surface area is 128 Å². The molecule has 2 atom stereocenters.